The minimum absolute atomic E-state index is 0.110. The number of ketones is 1. The summed E-state index contributed by atoms with van der Waals surface area (Å²) in [5, 5.41) is 3.90. The molecule has 1 unspecified atom stereocenters. The molecular weight excluding hydrogens is 226 g/mol. The molecule has 0 aliphatic heterocycles. The SMILES string of the molecule is CCCCC(/C=N/OCc1ccccc1)C(C)=O. The number of oxime groups is 1. The molecule has 1 aromatic carbocycles. The first-order valence-electron chi connectivity index (χ1n) is 6.44. The number of hydrogen-bond donors (Lipinski definition) is 0. The van der Waals surface area contributed by atoms with Gasteiger partial charge in [-0.1, -0.05) is 55.3 Å². The summed E-state index contributed by atoms with van der Waals surface area (Å²) in [7, 11) is 0. The molecular formula is C15H21NO2. The molecule has 1 aromatic rings. The van der Waals surface area contributed by atoms with Gasteiger partial charge in [-0.3, -0.25) is 4.79 Å². The Morgan fingerprint density at radius 1 is 1.39 bits per heavy atom. The van der Waals surface area contributed by atoms with Crippen LogP contribution in [0.3, 0.4) is 0 Å². The maximum absolute atomic E-state index is 11.4. The molecule has 3 heteroatoms. The maximum atomic E-state index is 11.4. The van der Waals surface area contributed by atoms with Crippen LogP contribution in [0.5, 0.6) is 0 Å². The second kappa shape index (κ2) is 8.45. The van der Waals surface area contributed by atoms with Crippen molar-refractivity contribution in [3.05, 3.63) is 35.9 Å². The molecule has 0 aliphatic carbocycles. The Labute approximate surface area is 109 Å². The lowest BCUT2D eigenvalue weighted by atomic mass is 10.00. The van der Waals surface area contributed by atoms with Gasteiger partial charge in [-0.25, -0.2) is 0 Å². The zero-order valence-electron chi connectivity index (χ0n) is 11.1. The quantitative estimate of drug-likeness (QED) is 0.520. The van der Waals surface area contributed by atoms with Crippen molar-refractivity contribution in [1.82, 2.24) is 0 Å². The second-order valence-corrected chi connectivity index (χ2v) is 4.37. The van der Waals surface area contributed by atoms with Gasteiger partial charge < -0.3 is 4.84 Å². The maximum Gasteiger partial charge on any atom is 0.142 e. The third-order valence-electron chi connectivity index (χ3n) is 2.78. The summed E-state index contributed by atoms with van der Waals surface area (Å²) >= 11 is 0. The molecule has 0 radical (unpaired) electrons. The van der Waals surface area contributed by atoms with Gasteiger partial charge in [0.05, 0.1) is 12.1 Å². The molecule has 1 atom stereocenters. The fourth-order valence-electron chi connectivity index (χ4n) is 1.61. The zero-order chi connectivity index (χ0) is 13.2. The molecule has 0 bridgehead atoms. The van der Waals surface area contributed by atoms with Crippen LogP contribution in [0.25, 0.3) is 0 Å². The van der Waals surface area contributed by atoms with Crippen LogP contribution in [-0.2, 0) is 16.2 Å². The van der Waals surface area contributed by atoms with Gasteiger partial charge in [0.25, 0.3) is 0 Å². The average Bonchev–Trinajstić information content (AvgIpc) is 2.38. The molecule has 18 heavy (non-hydrogen) atoms. The van der Waals surface area contributed by atoms with Gasteiger partial charge >= 0.3 is 0 Å². The van der Waals surface area contributed by atoms with Crippen molar-refractivity contribution >= 4 is 12.0 Å². The van der Waals surface area contributed by atoms with E-state index in [0.29, 0.717) is 6.61 Å². The number of carbonyl (C=O) groups is 1. The van der Waals surface area contributed by atoms with Crippen molar-refractivity contribution in [2.75, 3.05) is 0 Å². The molecule has 3 nitrogen and oxygen atoms in total. The van der Waals surface area contributed by atoms with E-state index in [2.05, 4.69) is 12.1 Å². The normalized spacial score (nSPS) is 12.6. The summed E-state index contributed by atoms with van der Waals surface area (Å²) < 4.78 is 0. The van der Waals surface area contributed by atoms with Gasteiger partial charge in [0, 0.05) is 0 Å². The number of nitrogens with zero attached hydrogens (tertiary/aromatic N) is 1. The van der Waals surface area contributed by atoms with E-state index in [1.54, 1.807) is 13.1 Å². The molecule has 0 heterocycles. The number of hydrogen-bond acceptors (Lipinski definition) is 3. The van der Waals surface area contributed by atoms with Gasteiger partial charge in [-0.2, -0.15) is 0 Å². The predicted octanol–water partition coefficient (Wildman–Crippen LogP) is 3.58. The highest BCUT2D eigenvalue weighted by molar-refractivity contribution is 5.93. The van der Waals surface area contributed by atoms with Crippen molar-refractivity contribution in [2.45, 2.75) is 39.7 Å². The molecule has 0 aromatic heterocycles. The number of unbranched alkanes of at least 4 members (excludes halogenated alkanes) is 1. The molecule has 1 rings (SSSR count). The number of rotatable bonds is 8. The van der Waals surface area contributed by atoms with E-state index in [4.69, 9.17) is 4.84 Å². The van der Waals surface area contributed by atoms with Crippen molar-refractivity contribution in [1.29, 1.82) is 0 Å². The van der Waals surface area contributed by atoms with Gasteiger partial charge in [0.1, 0.15) is 12.4 Å². The summed E-state index contributed by atoms with van der Waals surface area (Å²) in [5.74, 6) is 0.0382. The monoisotopic (exact) mass is 247 g/mol. The van der Waals surface area contributed by atoms with E-state index in [-0.39, 0.29) is 11.7 Å². The van der Waals surface area contributed by atoms with E-state index < -0.39 is 0 Å². The third kappa shape index (κ3) is 5.62. The largest absolute Gasteiger partial charge is 0.391 e. The smallest absolute Gasteiger partial charge is 0.142 e. The third-order valence-corrected chi connectivity index (χ3v) is 2.78. The summed E-state index contributed by atoms with van der Waals surface area (Å²) in [6, 6.07) is 9.84. The Balaban J connectivity index is 2.35. The molecule has 0 saturated heterocycles. The fraction of sp³-hybridized carbons (Fsp3) is 0.467. The first-order valence-corrected chi connectivity index (χ1v) is 6.44. The molecule has 0 aliphatic rings. The molecule has 98 valence electrons. The van der Waals surface area contributed by atoms with Gasteiger partial charge in [0.2, 0.25) is 0 Å². The highest BCUT2D eigenvalue weighted by atomic mass is 16.6. The lowest BCUT2D eigenvalue weighted by molar-refractivity contribution is -0.118. The number of carbonyl (C=O) groups excluding carboxylic acids is 1. The topological polar surface area (TPSA) is 38.7 Å². The Morgan fingerprint density at radius 3 is 2.72 bits per heavy atom. The highest BCUT2D eigenvalue weighted by Gasteiger charge is 2.10. The summed E-state index contributed by atoms with van der Waals surface area (Å²) in [6.07, 6.45) is 4.60. The van der Waals surface area contributed by atoms with Crippen molar-refractivity contribution in [3.63, 3.8) is 0 Å². The molecule has 0 fully saturated rings. The predicted molar refractivity (Wildman–Crippen MR) is 73.4 cm³/mol. The number of benzene rings is 1. The lowest BCUT2D eigenvalue weighted by Crippen LogP contribution is -2.12. The minimum atomic E-state index is -0.110. The summed E-state index contributed by atoms with van der Waals surface area (Å²) in [4.78, 5) is 16.6. The molecule has 0 N–H and O–H groups in total. The zero-order valence-corrected chi connectivity index (χ0v) is 11.1. The Kier molecular flexibility index (Phi) is 6.77. The fourth-order valence-corrected chi connectivity index (χ4v) is 1.61. The van der Waals surface area contributed by atoms with Crippen LogP contribution < -0.4 is 0 Å². The molecule has 0 spiro atoms. The van der Waals surface area contributed by atoms with Crippen molar-refractivity contribution in [3.8, 4) is 0 Å². The summed E-state index contributed by atoms with van der Waals surface area (Å²) in [5.41, 5.74) is 1.07. The summed E-state index contributed by atoms with van der Waals surface area (Å²) in [6.45, 7) is 4.15. The lowest BCUT2D eigenvalue weighted by Gasteiger charge is -2.06. The van der Waals surface area contributed by atoms with E-state index in [1.807, 2.05) is 30.3 Å². The van der Waals surface area contributed by atoms with Crippen LogP contribution in [0.2, 0.25) is 0 Å². The molecule has 0 amide bonds. The van der Waals surface area contributed by atoms with Crippen molar-refractivity contribution in [2.24, 2.45) is 11.1 Å². The van der Waals surface area contributed by atoms with Crippen LogP contribution in [0, 0.1) is 5.92 Å². The highest BCUT2D eigenvalue weighted by Crippen LogP contribution is 2.08. The first kappa shape index (κ1) is 14.4. The van der Waals surface area contributed by atoms with E-state index in [9.17, 15) is 4.79 Å². The van der Waals surface area contributed by atoms with E-state index in [0.717, 1.165) is 24.8 Å². The van der Waals surface area contributed by atoms with Crippen LogP contribution in [0.1, 0.15) is 38.7 Å². The van der Waals surface area contributed by atoms with Crippen molar-refractivity contribution < 1.29 is 9.63 Å². The standard InChI is InChI=1S/C15H21NO2/c1-3-4-10-15(13(2)17)11-16-18-12-14-8-6-5-7-9-14/h5-9,11,15H,3-4,10,12H2,1-2H3/b16-11+. The van der Waals surface area contributed by atoms with Gasteiger partial charge in [0.15, 0.2) is 0 Å². The van der Waals surface area contributed by atoms with Gasteiger partial charge in [-0.15, -0.1) is 0 Å². The first-order chi connectivity index (χ1) is 8.74. The van der Waals surface area contributed by atoms with Crippen LogP contribution >= 0.6 is 0 Å². The Hall–Kier alpha value is -1.64. The average molecular weight is 247 g/mol. The minimum Gasteiger partial charge on any atom is -0.391 e. The van der Waals surface area contributed by atoms with Crippen LogP contribution in [0.15, 0.2) is 35.5 Å². The number of Topliss-reactive ketones (excluding diaryl/α,β-unsaturated/α-hetero) is 1. The second-order valence-electron chi connectivity index (χ2n) is 4.37. The van der Waals surface area contributed by atoms with Gasteiger partial charge in [-0.05, 0) is 18.9 Å². The van der Waals surface area contributed by atoms with Crippen LogP contribution in [-0.4, -0.2) is 12.0 Å². The Bertz CT molecular complexity index is 373. The van der Waals surface area contributed by atoms with E-state index >= 15 is 0 Å². The molecule has 0 saturated carbocycles. The van der Waals surface area contributed by atoms with E-state index in [1.165, 1.54) is 0 Å². The Morgan fingerprint density at radius 2 is 2.11 bits per heavy atom. The van der Waals surface area contributed by atoms with Crippen LogP contribution in [0.4, 0.5) is 0 Å².